The third-order valence-electron chi connectivity index (χ3n) is 7.32. The fourth-order valence-corrected chi connectivity index (χ4v) is 7.08. The van der Waals surface area contributed by atoms with Crippen LogP contribution in [0.25, 0.3) is 5.00 Å². The molecule has 0 saturated heterocycles. The molecule has 1 N–H and O–H groups in total. The lowest BCUT2D eigenvalue weighted by Crippen LogP contribution is -2.38. The molecule has 0 saturated carbocycles. The molecule has 5 nitrogen and oxygen atoms in total. The zero-order valence-corrected chi connectivity index (χ0v) is 22.3. The maximum atomic E-state index is 14.1. The van der Waals surface area contributed by atoms with Crippen LogP contribution in [0.4, 0.5) is 10.5 Å². The van der Waals surface area contributed by atoms with Crippen molar-refractivity contribution >= 4 is 34.7 Å². The van der Waals surface area contributed by atoms with Gasteiger partial charge in [0.2, 0.25) is 0 Å². The topological polar surface area (TPSA) is 40.5 Å². The van der Waals surface area contributed by atoms with Crippen LogP contribution in [-0.2, 0) is 19.5 Å². The molecule has 36 heavy (non-hydrogen) atoms. The van der Waals surface area contributed by atoms with Crippen molar-refractivity contribution < 1.29 is 4.79 Å². The number of hydrogen-bond donors (Lipinski definition) is 1. The molecule has 2 aromatic carbocycles. The van der Waals surface area contributed by atoms with Crippen molar-refractivity contribution in [1.29, 1.82) is 0 Å². The summed E-state index contributed by atoms with van der Waals surface area (Å²) in [5.74, 6) is 0. The molecule has 0 aliphatic carbocycles. The second kappa shape index (κ2) is 9.11. The Labute approximate surface area is 220 Å². The number of nitrogens with zero attached hydrogens (tertiary/aromatic N) is 3. The lowest BCUT2D eigenvalue weighted by molar-refractivity contribution is 0.194. The largest absolute Gasteiger partial charge is 0.322 e. The number of anilines is 1. The molecule has 0 bridgehead atoms. The van der Waals surface area contributed by atoms with Crippen molar-refractivity contribution in [2.45, 2.75) is 39.4 Å². The van der Waals surface area contributed by atoms with Crippen molar-refractivity contribution in [1.82, 2.24) is 14.4 Å². The van der Waals surface area contributed by atoms with E-state index in [9.17, 15) is 4.79 Å². The average Bonchev–Trinajstić information content (AvgIpc) is 3.42. The number of nitrogens with one attached hydrogen (secondary N) is 1. The molecule has 6 rings (SSSR count). The van der Waals surface area contributed by atoms with E-state index in [1.165, 1.54) is 21.0 Å². The number of urea groups is 1. The van der Waals surface area contributed by atoms with Crippen LogP contribution in [0.5, 0.6) is 0 Å². The standard InChI is InChI=1S/C29H29ClN4OS/c1-18-9-10-19(2)24(14-18)31-29(35)34-16-23-22-11-13-32(3)17-26(22)36-28(23)33-12-5-8-25(33)27(34)20-6-4-7-21(30)15-20/h4-10,12,14-15,27H,11,13,16-17H2,1-3H3,(H,31,35)/t27-/m1/s1. The van der Waals surface area contributed by atoms with Crippen LogP contribution < -0.4 is 5.32 Å². The Balaban J connectivity index is 1.51. The number of thiophene rings is 1. The maximum Gasteiger partial charge on any atom is 0.322 e. The molecule has 0 radical (unpaired) electrons. The number of benzene rings is 2. The first kappa shape index (κ1) is 23.3. The van der Waals surface area contributed by atoms with E-state index in [1.54, 1.807) is 0 Å². The number of carbonyl (C=O) groups excluding carboxylic acids is 1. The highest BCUT2D eigenvalue weighted by molar-refractivity contribution is 7.15. The van der Waals surface area contributed by atoms with Gasteiger partial charge in [-0.1, -0.05) is 35.9 Å². The van der Waals surface area contributed by atoms with Crippen molar-refractivity contribution in [2.75, 3.05) is 18.9 Å². The number of aryl methyl sites for hydroxylation is 2. The Morgan fingerprint density at radius 3 is 2.75 bits per heavy atom. The normalized spacial score (nSPS) is 17.2. The molecule has 1 atom stereocenters. The number of amides is 2. The summed E-state index contributed by atoms with van der Waals surface area (Å²) >= 11 is 8.31. The van der Waals surface area contributed by atoms with Gasteiger partial charge in [0.25, 0.3) is 0 Å². The molecule has 2 aliphatic rings. The Morgan fingerprint density at radius 2 is 1.92 bits per heavy atom. The molecule has 0 fully saturated rings. The number of aromatic nitrogens is 1. The van der Waals surface area contributed by atoms with E-state index in [4.69, 9.17) is 11.6 Å². The lowest BCUT2D eigenvalue weighted by Gasteiger charge is -2.32. The minimum Gasteiger partial charge on any atom is -0.310 e. The minimum absolute atomic E-state index is 0.109. The van der Waals surface area contributed by atoms with Gasteiger partial charge >= 0.3 is 6.03 Å². The van der Waals surface area contributed by atoms with Crippen molar-refractivity contribution in [3.05, 3.63) is 104 Å². The van der Waals surface area contributed by atoms with Gasteiger partial charge in [0, 0.05) is 40.4 Å². The van der Waals surface area contributed by atoms with Gasteiger partial charge in [-0.2, -0.15) is 0 Å². The van der Waals surface area contributed by atoms with Crippen LogP contribution in [0.2, 0.25) is 5.02 Å². The average molecular weight is 517 g/mol. The molecular formula is C29H29ClN4OS. The summed E-state index contributed by atoms with van der Waals surface area (Å²) in [6.45, 7) is 6.60. The molecule has 2 aromatic heterocycles. The quantitative estimate of drug-likeness (QED) is 0.313. The van der Waals surface area contributed by atoms with Crippen LogP contribution >= 0.6 is 22.9 Å². The highest BCUT2D eigenvalue weighted by atomic mass is 35.5. The molecule has 184 valence electrons. The van der Waals surface area contributed by atoms with E-state index < -0.39 is 0 Å². The highest BCUT2D eigenvalue weighted by Crippen LogP contribution is 2.43. The SMILES string of the molecule is Cc1ccc(C)c(NC(=O)N2Cc3c(sc4c3CCN(C)C4)-n3cccc3[C@H]2c2cccc(Cl)c2)c1. The van der Waals surface area contributed by atoms with E-state index in [-0.39, 0.29) is 12.1 Å². The molecule has 7 heteroatoms. The number of halogens is 1. The second-order valence-corrected chi connectivity index (χ2v) is 11.4. The molecular weight excluding hydrogens is 488 g/mol. The van der Waals surface area contributed by atoms with E-state index in [2.05, 4.69) is 58.4 Å². The van der Waals surface area contributed by atoms with Gasteiger partial charge in [0.1, 0.15) is 5.00 Å². The molecule has 2 aliphatic heterocycles. The summed E-state index contributed by atoms with van der Waals surface area (Å²) in [7, 11) is 2.17. The molecule has 0 unspecified atom stereocenters. The summed E-state index contributed by atoms with van der Waals surface area (Å²) in [5.41, 5.74) is 7.75. The van der Waals surface area contributed by atoms with Gasteiger partial charge in [-0.25, -0.2) is 4.79 Å². The molecule has 4 aromatic rings. The van der Waals surface area contributed by atoms with Gasteiger partial charge in [-0.05, 0) is 79.9 Å². The predicted molar refractivity (Wildman–Crippen MR) is 147 cm³/mol. The van der Waals surface area contributed by atoms with E-state index in [1.807, 2.05) is 54.3 Å². The van der Waals surface area contributed by atoms with E-state index >= 15 is 0 Å². The first-order chi connectivity index (χ1) is 17.4. The van der Waals surface area contributed by atoms with Crippen molar-refractivity contribution in [3.63, 3.8) is 0 Å². The van der Waals surface area contributed by atoms with Crippen molar-refractivity contribution in [3.8, 4) is 5.00 Å². The third kappa shape index (κ3) is 4.03. The zero-order valence-electron chi connectivity index (χ0n) is 20.7. The van der Waals surface area contributed by atoms with E-state index in [0.717, 1.165) is 47.6 Å². The fourth-order valence-electron chi connectivity index (χ4n) is 5.44. The number of rotatable bonds is 2. The Kier molecular flexibility index (Phi) is 5.91. The Hall–Kier alpha value is -3.06. The van der Waals surface area contributed by atoms with Gasteiger partial charge in [0.15, 0.2) is 0 Å². The number of hydrogen-bond acceptors (Lipinski definition) is 3. The first-order valence-corrected chi connectivity index (χ1v) is 13.5. The maximum absolute atomic E-state index is 14.1. The molecule has 2 amide bonds. The van der Waals surface area contributed by atoms with Gasteiger partial charge < -0.3 is 19.7 Å². The highest BCUT2D eigenvalue weighted by Gasteiger charge is 2.36. The third-order valence-corrected chi connectivity index (χ3v) is 8.81. The van der Waals surface area contributed by atoms with Crippen LogP contribution in [0.15, 0.2) is 60.8 Å². The first-order valence-electron chi connectivity index (χ1n) is 12.3. The smallest absolute Gasteiger partial charge is 0.310 e. The van der Waals surface area contributed by atoms with Crippen LogP contribution in [-0.4, -0.2) is 34.0 Å². The van der Waals surface area contributed by atoms with Crippen molar-refractivity contribution in [2.24, 2.45) is 0 Å². The summed E-state index contributed by atoms with van der Waals surface area (Å²) in [5, 5.41) is 5.13. The summed E-state index contributed by atoms with van der Waals surface area (Å²) in [4.78, 5) is 19.9. The van der Waals surface area contributed by atoms with Crippen LogP contribution in [0.1, 0.15) is 44.4 Å². The second-order valence-electron chi connectivity index (χ2n) is 9.91. The molecule has 4 heterocycles. The summed E-state index contributed by atoms with van der Waals surface area (Å²) in [6, 6.07) is 17.9. The summed E-state index contributed by atoms with van der Waals surface area (Å²) < 4.78 is 2.29. The minimum atomic E-state index is -0.273. The van der Waals surface area contributed by atoms with Gasteiger partial charge in [-0.3, -0.25) is 0 Å². The predicted octanol–water partition coefficient (Wildman–Crippen LogP) is 6.93. The van der Waals surface area contributed by atoms with Crippen LogP contribution in [0, 0.1) is 13.8 Å². The van der Waals surface area contributed by atoms with Gasteiger partial charge in [0.05, 0.1) is 18.3 Å². The van der Waals surface area contributed by atoms with Gasteiger partial charge in [-0.15, -0.1) is 11.3 Å². The number of carbonyl (C=O) groups is 1. The number of likely N-dealkylation sites (N-methyl/N-ethyl adjacent to an activating group) is 1. The number of fused-ring (bicyclic) bond motifs is 5. The summed E-state index contributed by atoms with van der Waals surface area (Å²) in [6.07, 6.45) is 3.13. The lowest BCUT2D eigenvalue weighted by atomic mass is 10.0. The Bertz CT molecular complexity index is 1470. The van der Waals surface area contributed by atoms with Crippen LogP contribution in [0.3, 0.4) is 0 Å². The fraction of sp³-hybridized carbons (Fsp3) is 0.276. The Morgan fingerprint density at radius 1 is 1.06 bits per heavy atom. The van der Waals surface area contributed by atoms with E-state index in [0.29, 0.717) is 11.6 Å². The monoisotopic (exact) mass is 516 g/mol. The zero-order chi connectivity index (χ0) is 25.0. The molecule has 0 spiro atoms.